The molecule has 0 spiro atoms. The third kappa shape index (κ3) is 3.22. The standard InChI is InChI=1S/C18H17ClN2O2/c1-12-6-2-4-8-15(12)20-18(23)13-10-17(22)21(11-13)16-9-5-3-7-14(16)19/h2-9,13H,10-11H2,1H3,(H,20,23)/t13-/m0/s1. The number of aryl methyl sites for hydroxylation is 1. The van der Waals surface area contributed by atoms with Crippen molar-refractivity contribution < 1.29 is 9.59 Å². The highest BCUT2D eigenvalue weighted by molar-refractivity contribution is 6.33. The minimum Gasteiger partial charge on any atom is -0.326 e. The summed E-state index contributed by atoms with van der Waals surface area (Å²) in [5.74, 6) is -0.594. The molecule has 1 aliphatic rings. The fraction of sp³-hybridized carbons (Fsp3) is 0.222. The molecule has 1 heterocycles. The number of amides is 2. The Morgan fingerprint density at radius 1 is 1.17 bits per heavy atom. The number of para-hydroxylation sites is 2. The molecule has 3 rings (SSSR count). The van der Waals surface area contributed by atoms with Crippen LogP contribution in [0.15, 0.2) is 48.5 Å². The van der Waals surface area contributed by atoms with Crippen LogP contribution >= 0.6 is 11.6 Å². The van der Waals surface area contributed by atoms with Crippen LogP contribution in [0.1, 0.15) is 12.0 Å². The van der Waals surface area contributed by atoms with Crippen LogP contribution in [0.4, 0.5) is 11.4 Å². The Bertz CT molecular complexity index is 760. The summed E-state index contributed by atoms with van der Waals surface area (Å²) in [6.45, 7) is 2.28. The van der Waals surface area contributed by atoms with Crippen molar-refractivity contribution in [2.24, 2.45) is 5.92 Å². The van der Waals surface area contributed by atoms with Gasteiger partial charge in [-0.1, -0.05) is 41.9 Å². The quantitative estimate of drug-likeness (QED) is 0.935. The molecule has 5 heteroatoms. The molecule has 1 aliphatic heterocycles. The van der Waals surface area contributed by atoms with Gasteiger partial charge in [0.1, 0.15) is 0 Å². The van der Waals surface area contributed by atoms with Gasteiger partial charge in [-0.3, -0.25) is 9.59 Å². The monoisotopic (exact) mass is 328 g/mol. The van der Waals surface area contributed by atoms with E-state index in [0.29, 0.717) is 17.3 Å². The second kappa shape index (κ2) is 6.42. The Morgan fingerprint density at radius 2 is 1.87 bits per heavy atom. The molecule has 1 fully saturated rings. The summed E-state index contributed by atoms with van der Waals surface area (Å²) in [5.41, 5.74) is 2.43. The van der Waals surface area contributed by atoms with Crippen LogP contribution < -0.4 is 10.2 Å². The van der Waals surface area contributed by atoms with Crippen LogP contribution in [0.25, 0.3) is 0 Å². The Labute approximate surface area is 140 Å². The zero-order valence-electron chi connectivity index (χ0n) is 12.8. The lowest BCUT2D eigenvalue weighted by Gasteiger charge is -2.18. The zero-order valence-corrected chi connectivity index (χ0v) is 13.5. The molecular weight excluding hydrogens is 312 g/mol. The van der Waals surface area contributed by atoms with Crippen LogP contribution in [0.2, 0.25) is 5.02 Å². The van der Waals surface area contributed by atoms with Crippen molar-refractivity contribution in [3.05, 3.63) is 59.1 Å². The fourth-order valence-electron chi connectivity index (χ4n) is 2.73. The van der Waals surface area contributed by atoms with E-state index in [1.807, 2.05) is 43.3 Å². The van der Waals surface area contributed by atoms with Crippen LogP contribution in [0.3, 0.4) is 0 Å². The molecule has 1 N–H and O–H groups in total. The zero-order chi connectivity index (χ0) is 16.4. The molecule has 1 atom stereocenters. The van der Waals surface area contributed by atoms with E-state index >= 15 is 0 Å². The van der Waals surface area contributed by atoms with Crippen LogP contribution in [-0.2, 0) is 9.59 Å². The van der Waals surface area contributed by atoms with E-state index in [9.17, 15) is 9.59 Å². The first kappa shape index (κ1) is 15.6. The lowest BCUT2D eigenvalue weighted by molar-refractivity contribution is -0.122. The molecule has 118 valence electrons. The predicted molar refractivity (Wildman–Crippen MR) is 91.7 cm³/mol. The average molecular weight is 329 g/mol. The molecule has 0 radical (unpaired) electrons. The van der Waals surface area contributed by atoms with Gasteiger partial charge in [0.05, 0.1) is 16.6 Å². The second-order valence-corrected chi connectivity index (χ2v) is 6.07. The lowest BCUT2D eigenvalue weighted by atomic mass is 10.1. The van der Waals surface area contributed by atoms with Gasteiger partial charge in [-0.25, -0.2) is 0 Å². The molecule has 1 saturated heterocycles. The van der Waals surface area contributed by atoms with Crippen molar-refractivity contribution in [1.29, 1.82) is 0 Å². The average Bonchev–Trinajstić information content (AvgIpc) is 2.92. The number of nitrogens with zero attached hydrogens (tertiary/aromatic N) is 1. The first-order valence-electron chi connectivity index (χ1n) is 7.47. The number of halogens is 1. The molecule has 23 heavy (non-hydrogen) atoms. The largest absolute Gasteiger partial charge is 0.326 e. The van der Waals surface area contributed by atoms with Gasteiger partial charge in [0.25, 0.3) is 0 Å². The molecule has 0 unspecified atom stereocenters. The molecule has 4 nitrogen and oxygen atoms in total. The van der Waals surface area contributed by atoms with Crippen LogP contribution in [0, 0.1) is 12.8 Å². The first-order valence-corrected chi connectivity index (χ1v) is 7.85. The van der Waals surface area contributed by atoms with E-state index in [1.54, 1.807) is 17.0 Å². The van der Waals surface area contributed by atoms with E-state index in [4.69, 9.17) is 11.6 Å². The highest BCUT2D eigenvalue weighted by atomic mass is 35.5. The van der Waals surface area contributed by atoms with E-state index in [-0.39, 0.29) is 24.2 Å². The third-order valence-electron chi connectivity index (χ3n) is 4.04. The van der Waals surface area contributed by atoms with Crippen molar-refractivity contribution in [3.63, 3.8) is 0 Å². The predicted octanol–water partition coefficient (Wildman–Crippen LogP) is 3.64. The van der Waals surface area contributed by atoms with E-state index in [0.717, 1.165) is 11.3 Å². The van der Waals surface area contributed by atoms with Gasteiger partial charge < -0.3 is 10.2 Å². The van der Waals surface area contributed by atoms with Crippen LogP contribution in [0.5, 0.6) is 0 Å². The summed E-state index contributed by atoms with van der Waals surface area (Å²) in [7, 11) is 0. The van der Waals surface area contributed by atoms with Crippen molar-refractivity contribution >= 4 is 34.8 Å². The number of anilines is 2. The number of benzene rings is 2. The summed E-state index contributed by atoms with van der Waals surface area (Å²) < 4.78 is 0. The molecular formula is C18H17ClN2O2. The number of carbonyl (C=O) groups excluding carboxylic acids is 2. The minimum atomic E-state index is -0.377. The maximum atomic E-state index is 12.5. The molecule has 2 aromatic carbocycles. The second-order valence-electron chi connectivity index (χ2n) is 5.66. The Balaban J connectivity index is 1.74. The molecule has 0 bridgehead atoms. The number of nitrogens with one attached hydrogen (secondary N) is 1. The topological polar surface area (TPSA) is 49.4 Å². The minimum absolute atomic E-state index is 0.0805. The summed E-state index contributed by atoms with van der Waals surface area (Å²) >= 11 is 6.15. The van der Waals surface area contributed by atoms with Gasteiger partial charge in [0, 0.05) is 18.7 Å². The number of carbonyl (C=O) groups is 2. The van der Waals surface area contributed by atoms with Crippen LogP contribution in [-0.4, -0.2) is 18.4 Å². The van der Waals surface area contributed by atoms with Crippen molar-refractivity contribution in [2.75, 3.05) is 16.8 Å². The Kier molecular flexibility index (Phi) is 4.35. The molecule has 0 aromatic heterocycles. The summed E-state index contributed by atoms with van der Waals surface area (Å²) in [4.78, 5) is 26.3. The molecule has 0 aliphatic carbocycles. The van der Waals surface area contributed by atoms with Gasteiger partial charge in [-0.2, -0.15) is 0 Å². The number of hydrogen-bond donors (Lipinski definition) is 1. The fourth-order valence-corrected chi connectivity index (χ4v) is 2.97. The summed E-state index contributed by atoms with van der Waals surface area (Å²) in [6.07, 6.45) is 0.197. The van der Waals surface area contributed by atoms with E-state index in [2.05, 4.69) is 5.32 Å². The van der Waals surface area contributed by atoms with Gasteiger partial charge in [-0.05, 0) is 30.7 Å². The SMILES string of the molecule is Cc1ccccc1NC(=O)[C@H]1CC(=O)N(c2ccccc2Cl)C1. The summed E-state index contributed by atoms with van der Waals surface area (Å²) in [5, 5.41) is 3.42. The maximum absolute atomic E-state index is 12.5. The van der Waals surface area contributed by atoms with E-state index in [1.165, 1.54) is 0 Å². The summed E-state index contributed by atoms with van der Waals surface area (Å²) in [6, 6.07) is 14.8. The van der Waals surface area contributed by atoms with Gasteiger partial charge in [-0.15, -0.1) is 0 Å². The number of hydrogen-bond acceptors (Lipinski definition) is 2. The normalized spacial score (nSPS) is 17.4. The molecule has 0 saturated carbocycles. The van der Waals surface area contributed by atoms with Crippen molar-refractivity contribution in [2.45, 2.75) is 13.3 Å². The lowest BCUT2D eigenvalue weighted by Crippen LogP contribution is -2.28. The highest BCUT2D eigenvalue weighted by Gasteiger charge is 2.35. The first-order chi connectivity index (χ1) is 11.1. The highest BCUT2D eigenvalue weighted by Crippen LogP contribution is 2.31. The Morgan fingerprint density at radius 3 is 2.61 bits per heavy atom. The third-order valence-corrected chi connectivity index (χ3v) is 4.36. The van der Waals surface area contributed by atoms with E-state index < -0.39 is 0 Å². The molecule has 2 aromatic rings. The van der Waals surface area contributed by atoms with Crippen molar-refractivity contribution in [3.8, 4) is 0 Å². The van der Waals surface area contributed by atoms with Crippen molar-refractivity contribution in [1.82, 2.24) is 0 Å². The van der Waals surface area contributed by atoms with Gasteiger partial charge in [0.2, 0.25) is 11.8 Å². The molecule has 2 amide bonds. The maximum Gasteiger partial charge on any atom is 0.229 e. The Hall–Kier alpha value is -2.33. The van der Waals surface area contributed by atoms with Gasteiger partial charge >= 0.3 is 0 Å². The van der Waals surface area contributed by atoms with Gasteiger partial charge in [0.15, 0.2) is 0 Å². The smallest absolute Gasteiger partial charge is 0.229 e. The number of rotatable bonds is 3.